The van der Waals surface area contributed by atoms with Crippen LogP contribution in [0.25, 0.3) is 0 Å². The van der Waals surface area contributed by atoms with E-state index in [4.69, 9.17) is 18.9 Å². The number of rotatable bonds is 8. The highest BCUT2D eigenvalue weighted by atomic mass is 16.6. The van der Waals surface area contributed by atoms with Gasteiger partial charge in [0, 0.05) is 27.7 Å². The average Bonchev–Trinajstić information content (AvgIpc) is 2.38. The lowest BCUT2D eigenvalue weighted by Crippen LogP contribution is -2.50. The molecule has 0 bridgehead atoms. The first-order chi connectivity index (χ1) is 10.5. The van der Waals surface area contributed by atoms with Gasteiger partial charge in [-0.1, -0.05) is 0 Å². The molecule has 0 unspecified atom stereocenters. The monoisotopic (exact) mass is 334 g/mol. The van der Waals surface area contributed by atoms with Crippen LogP contribution < -0.4 is 0 Å². The highest BCUT2D eigenvalue weighted by molar-refractivity contribution is 5.68. The van der Waals surface area contributed by atoms with E-state index in [0.717, 1.165) is 27.7 Å². The quantitative estimate of drug-likeness (QED) is 0.471. The summed E-state index contributed by atoms with van der Waals surface area (Å²) < 4.78 is 19.4. The van der Waals surface area contributed by atoms with E-state index in [1.54, 1.807) is 0 Å². The minimum atomic E-state index is -1.57. The molecule has 4 atom stereocenters. The fraction of sp³-hybridized carbons (Fsp3) is 0.714. The fourth-order valence-corrected chi connectivity index (χ4v) is 1.79. The Labute approximate surface area is 133 Å². The van der Waals surface area contributed by atoms with Crippen molar-refractivity contribution in [2.45, 2.75) is 59.0 Å². The number of carbonyl (C=O) groups excluding carboxylic acids is 4. The van der Waals surface area contributed by atoms with Crippen LogP contribution in [0.4, 0.5) is 0 Å². The van der Waals surface area contributed by atoms with Crippen LogP contribution in [0.1, 0.15) is 34.6 Å². The first-order valence-electron chi connectivity index (χ1n) is 6.87. The van der Waals surface area contributed by atoms with Crippen LogP contribution in [0.5, 0.6) is 0 Å². The van der Waals surface area contributed by atoms with Crippen molar-refractivity contribution in [1.82, 2.24) is 0 Å². The molecular weight excluding hydrogens is 312 g/mol. The van der Waals surface area contributed by atoms with Gasteiger partial charge in [0.15, 0.2) is 12.2 Å². The van der Waals surface area contributed by atoms with E-state index in [0.29, 0.717) is 0 Å². The molecule has 0 aromatic carbocycles. The number of hydrogen-bond donors (Lipinski definition) is 1. The van der Waals surface area contributed by atoms with E-state index in [1.165, 1.54) is 6.92 Å². The molecule has 0 aliphatic heterocycles. The molecule has 0 rings (SSSR count). The molecule has 0 aliphatic rings. The van der Waals surface area contributed by atoms with E-state index in [-0.39, 0.29) is 0 Å². The highest BCUT2D eigenvalue weighted by Gasteiger charge is 2.38. The Kier molecular flexibility index (Phi) is 8.86. The van der Waals surface area contributed by atoms with Crippen molar-refractivity contribution in [3.05, 3.63) is 0 Å². The maximum absolute atomic E-state index is 11.2. The summed E-state index contributed by atoms with van der Waals surface area (Å²) >= 11 is 0. The first kappa shape index (κ1) is 20.8. The van der Waals surface area contributed by atoms with E-state index < -0.39 is 54.9 Å². The van der Waals surface area contributed by atoms with Gasteiger partial charge in [-0.3, -0.25) is 19.2 Å². The molecular formula is C14H22O9. The molecule has 0 fully saturated rings. The molecule has 0 aromatic rings. The summed E-state index contributed by atoms with van der Waals surface area (Å²) in [5.41, 5.74) is 0. The molecule has 0 amide bonds. The fourth-order valence-electron chi connectivity index (χ4n) is 1.79. The van der Waals surface area contributed by atoms with E-state index in [1.807, 2.05) is 0 Å². The lowest BCUT2D eigenvalue weighted by molar-refractivity contribution is -0.190. The molecule has 0 saturated heterocycles. The molecule has 0 aliphatic carbocycles. The minimum Gasteiger partial charge on any atom is -0.462 e. The Bertz CT molecular complexity index is 446. The van der Waals surface area contributed by atoms with Crippen LogP contribution in [0.15, 0.2) is 0 Å². The Morgan fingerprint density at radius 3 is 1.70 bits per heavy atom. The van der Waals surface area contributed by atoms with Crippen LogP contribution >= 0.6 is 0 Å². The lowest BCUT2D eigenvalue weighted by Gasteiger charge is -2.31. The van der Waals surface area contributed by atoms with Gasteiger partial charge in [-0.25, -0.2) is 0 Å². The molecule has 23 heavy (non-hydrogen) atoms. The van der Waals surface area contributed by atoms with Crippen molar-refractivity contribution in [3.63, 3.8) is 0 Å². The third kappa shape index (κ3) is 8.77. The van der Waals surface area contributed by atoms with Gasteiger partial charge < -0.3 is 24.1 Å². The highest BCUT2D eigenvalue weighted by Crippen LogP contribution is 2.16. The molecule has 9 nitrogen and oxygen atoms in total. The maximum atomic E-state index is 11.2. The number of ether oxygens (including phenoxy) is 4. The third-order valence-corrected chi connectivity index (χ3v) is 2.60. The lowest BCUT2D eigenvalue weighted by atomic mass is 10.0. The van der Waals surface area contributed by atoms with E-state index in [2.05, 4.69) is 0 Å². The van der Waals surface area contributed by atoms with Crippen molar-refractivity contribution in [2.75, 3.05) is 6.61 Å². The minimum absolute atomic E-state index is 0.444. The second-order valence-electron chi connectivity index (χ2n) is 4.83. The van der Waals surface area contributed by atoms with Gasteiger partial charge in [-0.05, 0) is 6.92 Å². The van der Waals surface area contributed by atoms with Gasteiger partial charge in [0.2, 0.25) is 0 Å². The standard InChI is InChI=1S/C14H22O9/c1-7(21-9(3)16)14(23-11(5)18)13(19)12(22-10(4)17)6-20-8(2)15/h7,12-14,19H,6H2,1-5H3/t7-,12-,13-,14-/m1/s1. The summed E-state index contributed by atoms with van der Waals surface area (Å²) in [5, 5.41) is 10.3. The van der Waals surface area contributed by atoms with Crippen LogP contribution in [-0.4, -0.2) is 60.0 Å². The predicted molar refractivity (Wildman–Crippen MR) is 75.0 cm³/mol. The first-order valence-corrected chi connectivity index (χ1v) is 6.87. The summed E-state index contributed by atoms with van der Waals surface area (Å²) in [5.74, 6) is -2.76. The van der Waals surface area contributed by atoms with Gasteiger partial charge in [-0.15, -0.1) is 0 Å². The number of esters is 4. The van der Waals surface area contributed by atoms with Gasteiger partial charge in [0.1, 0.15) is 18.8 Å². The van der Waals surface area contributed by atoms with Gasteiger partial charge >= 0.3 is 23.9 Å². The zero-order valence-electron chi connectivity index (χ0n) is 13.7. The molecule has 0 heterocycles. The van der Waals surface area contributed by atoms with Crippen LogP contribution in [-0.2, 0) is 38.1 Å². The maximum Gasteiger partial charge on any atom is 0.303 e. The summed E-state index contributed by atoms with van der Waals surface area (Å²) in [6, 6.07) is 0. The number of carbonyl (C=O) groups is 4. The molecule has 132 valence electrons. The summed E-state index contributed by atoms with van der Waals surface area (Å²) in [7, 11) is 0. The van der Waals surface area contributed by atoms with Gasteiger partial charge in [0.25, 0.3) is 0 Å². The van der Waals surface area contributed by atoms with Crippen LogP contribution in [0, 0.1) is 0 Å². The van der Waals surface area contributed by atoms with Crippen molar-refractivity contribution < 1.29 is 43.2 Å². The van der Waals surface area contributed by atoms with Crippen molar-refractivity contribution in [1.29, 1.82) is 0 Å². The normalized spacial score (nSPS) is 15.6. The smallest absolute Gasteiger partial charge is 0.303 e. The molecule has 0 aromatic heterocycles. The largest absolute Gasteiger partial charge is 0.462 e. The van der Waals surface area contributed by atoms with Gasteiger partial charge in [-0.2, -0.15) is 0 Å². The second-order valence-corrected chi connectivity index (χ2v) is 4.83. The Hall–Kier alpha value is -2.16. The SMILES string of the molecule is CC(=O)OC[C@@H](OC(C)=O)[C@@H](O)[C@H](OC(C)=O)[C@@H](C)OC(C)=O. The zero-order valence-corrected chi connectivity index (χ0v) is 13.7. The molecule has 0 radical (unpaired) electrons. The topological polar surface area (TPSA) is 125 Å². The van der Waals surface area contributed by atoms with E-state index in [9.17, 15) is 24.3 Å². The number of aliphatic hydroxyl groups excluding tert-OH is 1. The third-order valence-electron chi connectivity index (χ3n) is 2.60. The Morgan fingerprint density at radius 2 is 1.30 bits per heavy atom. The van der Waals surface area contributed by atoms with Crippen molar-refractivity contribution in [3.8, 4) is 0 Å². The Balaban J connectivity index is 5.23. The molecule has 0 spiro atoms. The number of hydrogen-bond acceptors (Lipinski definition) is 9. The molecule has 9 heteroatoms. The van der Waals surface area contributed by atoms with Crippen molar-refractivity contribution in [2.24, 2.45) is 0 Å². The number of aliphatic hydroxyl groups is 1. The second kappa shape index (κ2) is 9.78. The zero-order chi connectivity index (χ0) is 18.2. The predicted octanol–water partition coefficient (Wildman–Crippen LogP) is -0.275. The van der Waals surface area contributed by atoms with Gasteiger partial charge in [0.05, 0.1) is 0 Å². The van der Waals surface area contributed by atoms with E-state index >= 15 is 0 Å². The molecule has 1 N–H and O–H groups in total. The average molecular weight is 334 g/mol. The summed E-state index contributed by atoms with van der Waals surface area (Å²) in [6.45, 7) is 5.45. The Morgan fingerprint density at radius 1 is 0.826 bits per heavy atom. The van der Waals surface area contributed by atoms with Crippen molar-refractivity contribution >= 4 is 23.9 Å². The van der Waals surface area contributed by atoms with Crippen LogP contribution in [0.3, 0.4) is 0 Å². The van der Waals surface area contributed by atoms with Crippen LogP contribution in [0.2, 0.25) is 0 Å². The summed E-state index contributed by atoms with van der Waals surface area (Å²) in [4.78, 5) is 44.2. The summed E-state index contributed by atoms with van der Waals surface area (Å²) in [6.07, 6.45) is -5.19. The molecule has 0 saturated carbocycles.